The van der Waals surface area contributed by atoms with E-state index >= 15 is 0 Å². The second-order valence-corrected chi connectivity index (χ2v) is 6.89. The smallest absolute Gasteiger partial charge is 0.262 e. The molecule has 2 rings (SSSR count). The molecule has 0 spiro atoms. The molecule has 3 N–H and O–H groups in total. The van der Waals surface area contributed by atoms with Gasteiger partial charge in [0, 0.05) is 5.69 Å². The van der Waals surface area contributed by atoms with Crippen molar-refractivity contribution in [1.82, 2.24) is 0 Å². The summed E-state index contributed by atoms with van der Waals surface area (Å²) in [4.78, 5) is 0.119. The van der Waals surface area contributed by atoms with Crippen molar-refractivity contribution in [3.05, 3.63) is 52.5 Å². The zero-order chi connectivity index (χ0) is 15.6. The van der Waals surface area contributed by atoms with Gasteiger partial charge in [-0.25, -0.2) is 8.42 Å². The van der Waals surface area contributed by atoms with Crippen LogP contribution in [0, 0.1) is 6.92 Å². The number of sulfonamides is 1. The minimum atomic E-state index is -3.71. The lowest BCUT2D eigenvalue weighted by Crippen LogP contribution is -2.14. The van der Waals surface area contributed by atoms with E-state index in [0.29, 0.717) is 16.4 Å². The number of halogens is 1. The summed E-state index contributed by atoms with van der Waals surface area (Å²) in [6, 6.07) is 9.86. The lowest BCUT2D eigenvalue weighted by molar-refractivity contribution is 0.601. The minimum Gasteiger partial charge on any atom is -0.398 e. The first kappa shape index (κ1) is 15.7. The minimum absolute atomic E-state index is 0.119. The van der Waals surface area contributed by atoms with Gasteiger partial charge in [0.25, 0.3) is 10.0 Å². The molecule has 0 fully saturated rings. The number of nitrogens with one attached hydrogen (secondary N) is 1. The van der Waals surface area contributed by atoms with E-state index < -0.39 is 10.0 Å². The van der Waals surface area contributed by atoms with Gasteiger partial charge in [0.05, 0.1) is 15.6 Å². The molecule has 0 radical (unpaired) electrons. The zero-order valence-electron chi connectivity index (χ0n) is 11.9. The second kappa shape index (κ2) is 5.95. The molecule has 0 aromatic heterocycles. The van der Waals surface area contributed by atoms with E-state index in [2.05, 4.69) is 4.72 Å². The molecule has 21 heavy (non-hydrogen) atoms. The number of benzene rings is 2. The fourth-order valence-corrected chi connectivity index (χ4v) is 3.42. The van der Waals surface area contributed by atoms with Crippen LogP contribution in [0.1, 0.15) is 18.1 Å². The Morgan fingerprint density at radius 1 is 1.19 bits per heavy atom. The van der Waals surface area contributed by atoms with E-state index in [9.17, 15) is 8.42 Å². The molecule has 4 nitrogen and oxygen atoms in total. The molecule has 0 aliphatic heterocycles. The van der Waals surface area contributed by atoms with Crippen molar-refractivity contribution in [2.75, 3.05) is 10.5 Å². The third kappa shape index (κ3) is 3.49. The van der Waals surface area contributed by atoms with E-state index in [0.717, 1.165) is 17.5 Å². The Hall–Kier alpha value is -1.72. The number of nitrogens with two attached hydrogens (primary N) is 1. The predicted molar refractivity (Wildman–Crippen MR) is 87.2 cm³/mol. The Morgan fingerprint density at radius 2 is 1.90 bits per heavy atom. The molecule has 6 heteroatoms. The number of hydrogen-bond donors (Lipinski definition) is 2. The van der Waals surface area contributed by atoms with Crippen LogP contribution in [-0.2, 0) is 16.4 Å². The Bertz CT molecular complexity index is 773. The predicted octanol–water partition coefficient (Wildman–Crippen LogP) is 3.59. The average Bonchev–Trinajstić information content (AvgIpc) is 2.42. The molecule has 0 aliphatic rings. The fourth-order valence-electron chi connectivity index (χ4n) is 1.97. The maximum absolute atomic E-state index is 12.4. The van der Waals surface area contributed by atoms with E-state index in [-0.39, 0.29) is 4.90 Å². The Balaban J connectivity index is 2.36. The van der Waals surface area contributed by atoms with E-state index in [4.69, 9.17) is 17.3 Å². The fraction of sp³-hybridized carbons (Fsp3) is 0.200. The highest BCUT2D eigenvalue weighted by molar-refractivity contribution is 7.92. The first-order valence-electron chi connectivity index (χ1n) is 6.51. The van der Waals surface area contributed by atoms with Crippen LogP contribution in [0.5, 0.6) is 0 Å². The van der Waals surface area contributed by atoms with Gasteiger partial charge >= 0.3 is 0 Å². The van der Waals surface area contributed by atoms with Gasteiger partial charge in [0.1, 0.15) is 0 Å². The quantitative estimate of drug-likeness (QED) is 0.844. The summed E-state index contributed by atoms with van der Waals surface area (Å²) in [5.74, 6) is 0. The average molecular weight is 325 g/mol. The molecular formula is C15H17ClN2O2S. The van der Waals surface area contributed by atoms with E-state index in [1.165, 1.54) is 6.07 Å². The largest absolute Gasteiger partial charge is 0.398 e. The normalized spacial score (nSPS) is 11.4. The molecule has 0 amide bonds. The highest BCUT2D eigenvalue weighted by Gasteiger charge is 2.16. The van der Waals surface area contributed by atoms with Crippen molar-refractivity contribution in [3.8, 4) is 0 Å². The Kier molecular flexibility index (Phi) is 4.44. The molecule has 112 valence electrons. The summed E-state index contributed by atoms with van der Waals surface area (Å²) < 4.78 is 27.2. The van der Waals surface area contributed by atoms with Crippen molar-refractivity contribution >= 4 is 33.0 Å². The van der Waals surface area contributed by atoms with Crippen LogP contribution in [0.15, 0.2) is 41.3 Å². The number of hydrogen-bond acceptors (Lipinski definition) is 3. The van der Waals surface area contributed by atoms with Crippen molar-refractivity contribution < 1.29 is 8.42 Å². The monoisotopic (exact) mass is 324 g/mol. The molecule has 0 saturated heterocycles. The summed E-state index contributed by atoms with van der Waals surface area (Å²) in [7, 11) is -3.71. The molecule has 0 unspecified atom stereocenters. The number of nitrogen functional groups attached to an aromatic ring is 1. The Morgan fingerprint density at radius 3 is 2.48 bits per heavy atom. The molecular weight excluding hydrogens is 308 g/mol. The van der Waals surface area contributed by atoms with Gasteiger partial charge in [-0.15, -0.1) is 0 Å². The lowest BCUT2D eigenvalue weighted by Gasteiger charge is -2.11. The SMILES string of the molecule is CCc1ccc(S(=O)(=O)Nc2ccc(C)cc2Cl)cc1N. The molecule has 2 aromatic rings. The topological polar surface area (TPSA) is 72.2 Å². The van der Waals surface area contributed by atoms with Crippen LogP contribution in [0.3, 0.4) is 0 Å². The third-order valence-corrected chi connectivity index (χ3v) is 4.85. The first-order chi connectivity index (χ1) is 9.83. The van der Waals surface area contributed by atoms with Crippen LogP contribution >= 0.6 is 11.6 Å². The van der Waals surface area contributed by atoms with Crippen molar-refractivity contribution in [2.24, 2.45) is 0 Å². The maximum Gasteiger partial charge on any atom is 0.262 e. The lowest BCUT2D eigenvalue weighted by atomic mass is 10.1. The van der Waals surface area contributed by atoms with Gasteiger partial charge in [-0.1, -0.05) is 30.7 Å². The van der Waals surface area contributed by atoms with Gasteiger partial charge in [0.15, 0.2) is 0 Å². The van der Waals surface area contributed by atoms with Crippen LogP contribution in [0.2, 0.25) is 5.02 Å². The van der Waals surface area contributed by atoms with Crippen LogP contribution < -0.4 is 10.5 Å². The van der Waals surface area contributed by atoms with Gasteiger partial charge in [-0.2, -0.15) is 0 Å². The van der Waals surface area contributed by atoms with Gasteiger partial charge in [0.2, 0.25) is 0 Å². The third-order valence-electron chi connectivity index (χ3n) is 3.18. The van der Waals surface area contributed by atoms with Gasteiger partial charge < -0.3 is 5.73 Å². The number of anilines is 2. The standard InChI is InChI=1S/C15H17ClN2O2S/c1-3-11-5-6-12(9-14(11)17)21(19,20)18-15-7-4-10(2)8-13(15)16/h4-9,18H,3,17H2,1-2H3. The van der Waals surface area contributed by atoms with E-state index in [1.807, 2.05) is 13.8 Å². The highest BCUT2D eigenvalue weighted by atomic mass is 35.5. The van der Waals surface area contributed by atoms with Crippen molar-refractivity contribution in [2.45, 2.75) is 25.2 Å². The summed E-state index contributed by atoms with van der Waals surface area (Å²) in [6.07, 6.45) is 0.753. The maximum atomic E-state index is 12.4. The molecule has 2 aromatic carbocycles. The summed E-state index contributed by atoms with van der Waals surface area (Å²) in [5, 5.41) is 0.358. The van der Waals surface area contributed by atoms with Crippen LogP contribution in [-0.4, -0.2) is 8.42 Å². The second-order valence-electron chi connectivity index (χ2n) is 4.80. The molecule has 0 bridgehead atoms. The summed E-state index contributed by atoms with van der Waals surface area (Å²) >= 11 is 6.05. The molecule has 0 aliphatic carbocycles. The first-order valence-corrected chi connectivity index (χ1v) is 8.37. The van der Waals surface area contributed by atoms with Crippen LogP contribution in [0.4, 0.5) is 11.4 Å². The molecule has 0 heterocycles. The molecule has 0 saturated carbocycles. The van der Waals surface area contributed by atoms with Crippen molar-refractivity contribution in [1.29, 1.82) is 0 Å². The van der Waals surface area contributed by atoms with Crippen LogP contribution in [0.25, 0.3) is 0 Å². The van der Waals surface area contributed by atoms with E-state index in [1.54, 1.807) is 30.3 Å². The molecule has 0 atom stereocenters. The number of aryl methyl sites for hydroxylation is 2. The highest BCUT2D eigenvalue weighted by Crippen LogP contribution is 2.26. The summed E-state index contributed by atoms with van der Waals surface area (Å²) in [6.45, 7) is 3.85. The van der Waals surface area contributed by atoms with Crippen molar-refractivity contribution in [3.63, 3.8) is 0 Å². The van der Waals surface area contributed by atoms with Gasteiger partial charge in [-0.3, -0.25) is 4.72 Å². The number of rotatable bonds is 4. The zero-order valence-corrected chi connectivity index (χ0v) is 13.4. The van der Waals surface area contributed by atoms with Gasteiger partial charge in [-0.05, 0) is 48.7 Å². The summed E-state index contributed by atoms with van der Waals surface area (Å²) in [5.41, 5.74) is 8.55. The Labute approximate surface area is 130 Å².